The summed E-state index contributed by atoms with van der Waals surface area (Å²) in [6, 6.07) is 3.34. The second-order valence-corrected chi connectivity index (χ2v) is 3.61. The van der Waals surface area contributed by atoms with Gasteiger partial charge < -0.3 is 17.2 Å². The van der Waals surface area contributed by atoms with E-state index in [1.807, 2.05) is 0 Å². The van der Waals surface area contributed by atoms with Crippen molar-refractivity contribution in [3.63, 3.8) is 0 Å². The number of carbonyl (C=O) groups is 1. The van der Waals surface area contributed by atoms with E-state index in [0.29, 0.717) is 21.8 Å². The molecule has 0 saturated heterocycles. The number of hydrogen-bond acceptors (Lipinski definition) is 5. The van der Waals surface area contributed by atoms with Gasteiger partial charge in [-0.05, 0) is 23.7 Å². The fraction of sp³-hybridized carbons (Fsp3) is 0. The molecule has 6 heteroatoms. The van der Waals surface area contributed by atoms with Crippen LogP contribution in [0.1, 0.15) is 10.4 Å². The highest BCUT2D eigenvalue weighted by molar-refractivity contribution is 7.14. The minimum atomic E-state index is -0.559. The summed E-state index contributed by atoms with van der Waals surface area (Å²) in [6.45, 7) is 0. The normalized spacial score (nSPS) is 10.6. The van der Waals surface area contributed by atoms with Crippen molar-refractivity contribution in [1.82, 2.24) is 4.37 Å². The third-order valence-corrected chi connectivity index (χ3v) is 2.84. The van der Waals surface area contributed by atoms with Crippen LogP contribution in [0.15, 0.2) is 12.1 Å². The van der Waals surface area contributed by atoms with E-state index in [1.54, 1.807) is 12.1 Å². The maximum Gasteiger partial charge on any atom is 0.252 e. The molecule has 0 spiro atoms. The van der Waals surface area contributed by atoms with Gasteiger partial charge in [-0.15, -0.1) is 0 Å². The van der Waals surface area contributed by atoms with Crippen molar-refractivity contribution in [3.8, 4) is 0 Å². The summed E-state index contributed by atoms with van der Waals surface area (Å²) in [5.41, 5.74) is 17.1. The van der Waals surface area contributed by atoms with Gasteiger partial charge in [-0.1, -0.05) is 0 Å². The SMILES string of the molecule is NC(=O)c1c(N)ccc2c(N)nsc12. The van der Waals surface area contributed by atoms with Crippen LogP contribution in [0.3, 0.4) is 0 Å². The summed E-state index contributed by atoms with van der Waals surface area (Å²) in [7, 11) is 0. The quantitative estimate of drug-likeness (QED) is 0.595. The van der Waals surface area contributed by atoms with Gasteiger partial charge in [0, 0.05) is 11.1 Å². The second kappa shape index (κ2) is 2.85. The maximum absolute atomic E-state index is 11.1. The first-order valence-electron chi connectivity index (χ1n) is 3.84. The van der Waals surface area contributed by atoms with Crippen LogP contribution in [0.5, 0.6) is 0 Å². The Bertz CT molecular complexity index is 519. The largest absolute Gasteiger partial charge is 0.398 e. The molecular formula is C8H8N4OS. The standard InChI is InChI=1S/C8H8N4OS/c9-4-2-1-3-6(5(4)8(11)13)14-12-7(3)10/h1-2H,9H2,(H2,10,12)(H2,11,13). The molecule has 0 bridgehead atoms. The number of carbonyl (C=O) groups excluding carboxylic acids is 1. The van der Waals surface area contributed by atoms with Gasteiger partial charge in [-0.3, -0.25) is 4.79 Å². The zero-order valence-electron chi connectivity index (χ0n) is 7.15. The molecule has 0 aliphatic rings. The summed E-state index contributed by atoms with van der Waals surface area (Å²) < 4.78 is 4.58. The maximum atomic E-state index is 11.1. The molecule has 72 valence electrons. The smallest absolute Gasteiger partial charge is 0.252 e. The Balaban J connectivity index is 2.90. The van der Waals surface area contributed by atoms with Gasteiger partial charge in [0.05, 0.1) is 10.3 Å². The molecule has 1 aromatic carbocycles. The zero-order chi connectivity index (χ0) is 10.3. The van der Waals surface area contributed by atoms with Crippen molar-refractivity contribution < 1.29 is 4.79 Å². The lowest BCUT2D eigenvalue weighted by Gasteiger charge is -2.01. The van der Waals surface area contributed by atoms with Crippen LogP contribution in [-0.2, 0) is 0 Å². The van der Waals surface area contributed by atoms with Crippen molar-refractivity contribution in [2.24, 2.45) is 5.73 Å². The molecule has 14 heavy (non-hydrogen) atoms. The molecule has 0 aliphatic heterocycles. The Hall–Kier alpha value is -1.82. The van der Waals surface area contributed by atoms with Crippen LogP contribution in [0.2, 0.25) is 0 Å². The molecule has 1 amide bonds. The van der Waals surface area contributed by atoms with E-state index in [9.17, 15) is 4.79 Å². The summed E-state index contributed by atoms with van der Waals surface area (Å²) in [4.78, 5) is 11.1. The van der Waals surface area contributed by atoms with Gasteiger partial charge in [0.2, 0.25) is 0 Å². The van der Waals surface area contributed by atoms with Crippen LogP contribution in [0, 0.1) is 0 Å². The molecule has 0 radical (unpaired) electrons. The van der Waals surface area contributed by atoms with Gasteiger partial charge in [-0.2, -0.15) is 4.37 Å². The van der Waals surface area contributed by atoms with E-state index in [1.165, 1.54) is 0 Å². The van der Waals surface area contributed by atoms with E-state index < -0.39 is 5.91 Å². The molecule has 6 N–H and O–H groups in total. The second-order valence-electron chi connectivity index (χ2n) is 2.84. The van der Waals surface area contributed by atoms with Crippen molar-refractivity contribution in [2.45, 2.75) is 0 Å². The number of anilines is 2. The minimum Gasteiger partial charge on any atom is -0.398 e. The molecule has 2 rings (SSSR count). The van der Waals surface area contributed by atoms with E-state index in [-0.39, 0.29) is 0 Å². The molecule has 0 fully saturated rings. The lowest BCUT2D eigenvalue weighted by Crippen LogP contribution is -2.13. The summed E-state index contributed by atoms with van der Waals surface area (Å²) >= 11 is 1.13. The Labute approximate surface area is 83.7 Å². The first kappa shape index (κ1) is 8.76. The number of nitrogens with zero attached hydrogens (tertiary/aromatic N) is 1. The highest BCUT2D eigenvalue weighted by Gasteiger charge is 2.14. The number of primary amides is 1. The number of aromatic nitrogens is 1. The average Bonchev–Trinajstić information content (AvgIpc) is 2.47. The van der Waals surface area contributed by atoms with E-state index in [4.69, 9.17) is 17.2 Å². The summed E-state index contributed by atoms with van der Waals surface area (Å²) in [5, 5.41) is 0.720. The zero-order valence-corrected chi connectivity index (χ0v) is 7.97. The first-order chi connectivity index (χ1) is 6.61. The fourth-order valence-electron chi connectivity index (χ4n) is 1.29. The molecular weight excluding hydrogens is 200 g/mol. The number of benzene rings is 1. The van der Waals surface area contributed by atoms with Crippen LogP contribution < -0.4 is 17.2 Å². The van der Waals surface area contributed by atoms with Gasteiger partial charge in [0.15, 0.2) is 0 Å². The Morgan fingerprint density at radius 1 is 1.36 bits per heavy atom. The van der Waals surface area contributed by atoms with Crippen LogP contribution in [0.4, 0.5) is 11.5 Å². The predicted molar refractivity (Wildman–Crippen MR) is 57.0 cm³/mol. The first-order valence-corrected chi connectivity index (χ1v) is 4.61. The van der Waals surface area contributed by atoms with Crippen molar-refractivity contribution in [3.05, 3.63) is 17.7 Å². The van der Waals surface area contributed by atoms with Crippen LogP contribution in [0.25, 0.3) is 10.1 Å². The molecule has 0 saturated carbocycles. The van der Waals surface area contributed by atoms with E-state index >= 15 is 0 Å². The number of amides is 1. The number of nitrogen functional groups attached to an aromatic ring is 2. The van der Waals surface area contributed by atoms with Gasteiger partial charge in [0.1, 0.15) is 5.82 Å². The Morgan fingerprint density at radius 3 is 2.71 bits per heavy atom. The Morgan fingerprint density at radius 2 is 2.07 bits per heavy atom. The van der Waals surface area contributed by atoms with Gasteiger partial charge in [-0.25, -0.2) is 0 Å². The highest BCUT2D eigenvalue weighted by Crippen LogP contribution is 2.30. The summed E-state index contributed by atoms with van der Waals surface area (Å²) in [5.74, 6) is -0.163. The minimum absolute atomic E-state index is 0.303. The molecule has 0 atom stereocenters. The molecule has 1 aromatic heterocycles. The van der Waals surface area contributed by atoms with Crippen LogP contribution in [-0.4, -0.2) is 10.3 Å². The molecule has 5 nitrogen and oxygen atoms in total. The monoisotopic (exact) mass is 208 g/mol. The number of rotatable bonds is 1. The lowest BCUT2D eigenvalue weighted by molar-refractivity contribution is 0.100. The number of fused-ring (bicyclic) bond motifs is 1. The third-order valence-electron chi connectivity index (χ3n) is 1.95. The van der Waals surface area contributed by atoms with E-state index in [0.717, 1.165) is 16.9 Å². The molecule has 0 aliphatic carbocycles. The number of hydrogen-bond donors (Lipinski definition) is 3. The topological polar surface area (TPSA) is 108 Å². The molecule has 2 aromatic rings. The summed E-state index contributed by atoms with van der Waals surface area (Å²) in [6.07, 6.45) is 0. The van der Waals surface area contributed by atoms with Crippen molar-refractivity contribution >= 4 is 39.0 Å². The Kier molecular flexibility index (Phi) is 1.78. The third kappa shape index (κ3) is 1.08. The predicted octanol–water partition coefficient (Wildman–Crippen LogP) is 0.560. The highest BCUT2D eigenvalue weighted by atomic mass is 32.1. The molecule has 0 unspecified atom stereocenters. The molecule has 1 heterocycles. The van der Waals surface area contributed by atoms with E-state index in [2.05, 4.69) is 4.37 Å². The number of nitrogens with two attached hydrogens (primary N) is 3. The van der Waals surface area contributed by atoms with Crippen molar-refractivity contribution in [1.29, 1.82) is 0 Å². The lowest BCUT2D eigenvalue weighted by atomic mass is 10.1. The fourth-order valence-corrected chi connectivity index (χ4v) is 2.16. The van der Waals surface area contributed by atoms with Crippen LogP contribution >= 0.6 is 11.5 Å². The van der Waals surface area contributed by atoms with Gasteiger partial charge in [0.25, 0.3) is 5.91 Å². The average molecular weight is 208 g/mol. The van der Waals surface area contributed by atoms with Crippen molar-refractivity contribution in [2.75, 3.05) is 11.5 Å². The van der Waals surface area contributed by atoms with Gasteiger partial charge >= 0.3 is 0 Å².